The number of aldehydes is 1. The SMILES string of the molecule is COc1cccc2cc(-c3nn(-c4ccccc4)cc3C=O)oc12. The van der Waals surface area contributed by atoms with Gasteiger partial charge in [0.2, 0.25) is 0 Å². The van der Waals surface area contributed by atoms with E-state index >= 15 is 0 Å². The van der Waals surface area contributed by atoms with Crippen molar-refractivity contribution in [1.29, 1.82) is 0 Å². The van der Waals surface area contributed by atoms with Gasteiger partial charge in [-0.2, -0.15) is 5.10 Å². The van der Waals surface area contributed by atoms with E-state index in [1.54, 1.807) is 18.0 Å². The lowest BCUT2D eigenvalue weighted by Crippen LogP contribution is -1.93. The zero-order chi connectivity index (χ0) is 16.5. The molecule has 0 unspecified atom stereocenters. The van der Waals surface area contributed by atoms with Crippen molar-refractivity contribution in [2.45, 2.75) is 0 Å². The van der Waals surface area contributed by atoms with Crippen LogP contribution in [0.3, 0.4) is 0 Å². The molecule has 2 heterocycles. The first-order valence-corrected chi connectivity index (χ1v) is 7.47. The van der Waals surface area contributed by atoms with Crippen molar-refractivity contribution in [2.75, 3.05) is 7.11 Å². The summed E-state index contributed by atoms with van der Waals surface area (Å²) in [6, 6.07) is 17.1. The monoisotopic (exact) mass is 318 g/mol. The molecule has 0 N–H and O–H groups in total. The van der Waals surface area contributed by atoms with Crippen LogP contribution in [-0.4, -0.2) is 23.2 Å². The van der Waals surface area contributed by atoms with Gasteiger partial charge in [-0.3, -0.25) is 4.79 Å². The summed E-state index contributed by atoms with van der Waals surface area (Å²) in [6.45, 7) is 0. The van der Waals surface area contributed by atoms with Gasteiger partial charge in [0.25, 0.3) is 0 Å². The molecular formula is C19H14N2O3. The summed E-state index contributed by atoms with van der Waals surface area (Å²) < 4.78 is 12.9. The number of ether oxygens (including phenoxy) is 1. The second-order valence-electron chi connectivity index (χ2n) is 5.32. The van der Waals surface area contributed by atoms with E-state index in [9.17, 15) is 4.79 Å². The van der Waals surface area contributed by atoms with E-state index in [0.717, 1.165) is 17.4 Å². The van der Waals surface area contributed by atoms with Crippen LogP contribution in [0.15, 0.2) is 65.2 Å². The Bertz CT molecular complexity index is 1020. The highest BCUT2D eigenvalue weighted by molar-refractivity contribution is 5.90. The van der Waals surface area contributed by atoms with Crippen LogP contribution >= 0.6 is 0 Å². The zero-order valence-corrected chi connectivity index (χ0v) is 13.0. The van der Waals surface area contributed by atoms with Crippen molar-refractivity contribution in [1.82, 2.24) is 9.78 Å². The van der Waals surface area contributed by atoms with E-state index in [4.69, 9.17) is 9.15 Å². The number of carbonyl (C=O) groups excluding carboxylic acids is 1. The molecule has 0 aliphatic heterocycles. The van der Waals surface area contributed by atoms with Crippen molar-refractivity contribution >= 4 is 17.3 Å². The van der Waals surface area contributed by atoms with Crippen LogP contribution in [0, 0.1) is 0 Å². The van der Waals surface area contributed by atoms with Gasteiger partial charge in [0.1, 0.15) is 5.69 Å². The number of fused-ring (bicyclic) bond motifs is 1. The maximum Gasteiger partial charge on any atom is 0.176 e. The maximum absolute atomic E-state index is 11.5. The predicted molar refractivity (Wildman–Crippen MR) is 90.7 cm³/mol. The summed E-state index contributed by atoms with van der Waals surface area (Å²) >= 11 is 0. The molecule has 0 atom stereocenters. The van der Waals surface area contributed by atoms with Gasteiger partial charge < -0.3 is 9.15 Å². The van der Waals surface area contributed by atoms with E-state index in [-0.39, 0.29) is 0 Å². The summed E-state index contributed by atoms with van der Waals surface area (Å²) in [5, 5.41) is 5.42. The van der Waals surface area contributed by atoms with Crippen LogP contribution in [-0.2, 0) is 0 Å². The third-order valence-electron chi connectivity index (χ3n) is 3.85. The lowest BCUT2D eigenvalue weighted by Gasteiger charge is -1.99. The predicted octanol–water partition coefficient (Wildman–Crippen LogP) is 4.11. The lowest BCUT2D eigenvalue weighted by atomic mass is 10.2. The molecule has 0 aliphatic carbocycles. The second kappa shape index (κ2) is 5.70. The van der Waals surface area contributed by atoms with Crippen LogP contribution in [0.1, 0.15) is 10.4 Å². The number of hydrogen-bond donors (Lipinski definition) is 0. The fraction of sp³-hybridized carbons (Fsp3) is 0.0526. The highest BCUT2D eigenvalue weighted by Gasteiger charge is 2.17. The Morgan fingerprint density at radius 2 is 1.96 bits per heavy atom. The number of carbonyl (C=O) groups is 1. The molecule has 0 saturated carbocycles. The summed E-state index contributed by atoms with van der Waals surface area (Å²) in [5.41, 5.74) is 2.49. The molecule has 4 aromatic rings. The fourth-order valence-corrected chi connectivity index (χ4v) is 2.69. The van der Waals surface area contributed by atoms with Gasteiger partial charge in [0, 0.05) is 11.6 Å². The largest absolute Gasteiger partial charge is 0.493 e. The van der Waals surface area contributed by atoms with E-state index in [1.807, 2.05) is 54.6 Å². The molecule has 4 rings (SSSR count). The third-order valence-corrected chi connectivity index (χ3v) is 3.85. The van der Waals surface area contributed by atoms with Crippen LogP contribution < -0.4 is 4.74 Å². The quantitative estimate of drug-likeness (QED) is 0.531. The molecule has 24 heavy (non-hydrogen) atoms. The first-order valence-electron chi connectivity index (χ1n) is 7.47. The maximum atomic E-state index is 11.5. The topological polar surface area (TPSA) is 57.3 Å². The Morgan fingerprint density at radius 3 is 2.71 bits per heavy atom. The van der Waals surface area contributed by atoms with E-state index in [2.05, 4.69) is 5.10 Å². The smallest absolute Gasteiger partial charge is 0.176 e. The summed E-state index contributed by atoms with van der Waals surface area (Å²) in [5.74, 6) is 1.18. The molecule has 0 amide bonds. The molecule has 0 bridgehead atoms. The number of rotatable bonds is 4. The number of methoxy groups -OCH3 is 1. The normalized spacial score (nSPS) is 10.9. The number of hydrogen-bond acceptors (Lipinski definition) is 4. The molecule has 2 aromatic carbocycles. The van der Waals surface area contributed by atoms with Gasteiger partial charge in [-0.05, 0) is 24.3 Å². The Labute approximate surface area is 138 Å². The zero-order valence-electron chi connectivity index (χ0n) is 13.0. The Kier molecular flexibility index (Phi) is 3.39. The highest BCUT2D eigenvalue weighted by atomic mass is 16.5. The molecule has 5 heteroatoms. The number of benzene rings is 2. The molecule has 0 saturated heterocycles. The van der Waals surface area contributed by atoms with Gasteiger partial charge in [-0.1, -0.05) is 30.3 Å². The number of furan rings is 1. The number of nitrogens with zero attached hydrogens (tertiary/aromatic N) is 2. The summed E-state index contributed by atoms with van der Waals surface area (Å²) in [4.78, 5) is 11.5. The van der Waals surface area contributed by atoms with Crippen molar-refractivity contribution in [2.24, 2.45) is 0 Å². The van der Waals surface area contributed by atoms with Crippen LogP contribution in [0.4, 0.5) is 0 Å². The van der Waals surface area contributed by atoms with Crippen molar-refractivity contribution in [3.8, 4) is 22.9 Å². The highest BCUT2D eigenvalue weighted by Crippen LogP contribution is 2.33. The molecule has 0 aliphatic rings. The van der Waals surface area contributed by atoms with E-state index < -0.39 is 0 Å². The van der Waals surface area contributed by atoms with Crippen LogP contribution in [0.2, 0.25) is 0 Å². The van der Waals surface area contributed by atoms with Crippen molar-refractivity contribution in [3.63, 3.8) is 0 Å². The average molecular weight is 318 g/mol. The molecule has 118 valence electrons. The van der Waals surface area contributed by atoms with E-state index in [1.165, 1.54) is 0 Å². The fourth-order valence-electron chi connectivity index (χ4n) is 2.69. The van der Waals surface area contributed by atoms with Gasteiger partial charge in [-0.15, -0.1) is 0 Å². The minimum atomic E-state index is 0.469. The number of para-hydroxylation sites is 2. The first-order chi connectivity index (χ1) is 11.8. The number of aromatic nitrogens is 2. The Morgan fingerprint density at radius 1 is 1.12 bits per heavy atom. The average Bonchev–Trinajstić information content (AvgIpc) is 3.25. The minimum absolute atomic E-state index is 0.469. The first kappa shape index (κ1) is 14.3. The second-order valence-corrected chi connectivity index (χ2v) is 5.32. The molecule has 0 radical (unpaired) electrons. The van der Waals surface area contributed by atoms with Gasteiger partial charge in [0.05, 0.1) is 18.4 Å². The summed E-state index contributed by atoms with van der Waals surface area (Å²) in [7, 11) is 1.60. The van der Waals surface area contributed by atoms with Gasteiger partial charge >= 0.3 is 0 Å². The molecule has 0 spiro atoms. The van der Waals surface area contributed by atoms with Gasteiger partial charge in [-0.25, -0.2) is 4.68 Å². The molecule has 0 fully saturated rings. The van der Waals surface area contributed by atoms with Crippen LogP contribution in [0.25, 0.3) is 28.1 Å². The van der Waals surface area contributed by atoms with Crippen molar-refractivity contribution in [3.05, 3.63) is 66.4 Å². The molecular weight excluding hydrogens is 304 g/mol. The van der Waals surface area contributed by atoms with Crippen LogP contribution in [0.5, 0.6) is 5.75 Å². The standard InChI is InChI=1S/C19H14N2O3/c1-23-16-9-5-6-13-10-17(24-19(13)16)18-14(12-22)11-21(20-18)15-7-3-2-4-8-15/h2-12H,1H3. The Balaban J connectivity index is 1.87. The van der Waals surface area contributed by atoms with E-state index in [0.29, 0.717) is 28.4 Å². The summed E-state index contributed by atoms with van der Waals surface area (Å²) in [6.07, 6.45) is 2.48. The lowest BCUT2D eigenvalue weighted by molar-refractivity contribution is 0.112. The molecule has 2 aromatic heterocycles. The minimum Gasteiger partial charge on any atom is -0.493 e. The Hall–Kier alpha value is -3.34. The molecule has 5 nitrogen and oxygen atoms in total. The van der Waals surface area contributed by atoms with Gasteiger partial charge in [0.15, 0.2) is 23.4 Å². The third kappa shape index (κ3) is 2.27. The van der Waals surface area contributed by atoms with Crippen molar-refractivity contribution < 1.29 is 13.9 Å².